The van der Waals surface area contributed by atoms with E-state index in [-0.39, 0.29) is 24.0 Å². The van der Waals surface area contributed by atoms with E-state index in [1.807, 2.05) is 13.0 Å². The molecule has 0 fully saturated rings. The molecule has 0 bridgehead atoms. The second-order valence-electron chi connectivity index (χ2n) is 7.16. The first kappa shape index (κ1) is 22.1. The van der Waals surface area contributed by atoms with Crippen LogP contribution in [0.25, 0.3) is 0 Å². The fraction of sp³-hybridized carbons (Fsp3) is 0.591. The van der Waals surface area contributed by atoms with Gasteiger partial charge in [0.2, 0.25) is 0 Å². The molecule has 1 unspecified atom stereocenters. The number of unbranched alkanes of at least 4 members (excludes halogenated alkanes) is 3. The summed E-state index contributed by atoms with van der Waals surface area (Å²) < 4.78 is 0. The molecule has 3 atom stereocenters. The van der Waals surface area contributed by atoms with Gasteiger partial charge in [-0.2, -0.15) is 0 Å². The molecule has 1 aliphatic carbocycles. The topological polar surface area (TPSA) is 74.6 Å². The van der Waals surface area contributed by atoms with Crippen molar-refractivity contribution in [3.05, 3.63) is 41.7 Å². The monoisotopic (exact) mass is 360 g/mol. The molecule has 0 radical (unpaired) electrons. The molecule has 144 valence electrons. The van der Waals surface area contributed by atoms with E-state index in [4.69, 9.17) is 5.11 Å². The first-order valence-corrected chi connectivity index (χ1v) is 9.59. The highest BCUT2D eigenvalue weighted by molar-refractivity contribution is 5.95. The molecule has 4 nitrogen and oxygen atoms in total. The number of carboxylic acids is 1. The third-order valence-corrected chi connectivity index (χ3v) is 4.80. The van der Waals surface area contributed by atoms with Crippen molar-refractivity contribution in [3.8, 4) is 0 Å². The largest absolute Gasteiger partial charge is 0.479 e. The van der Waals surface area contributed by atoms with E-state index in [1.54, 1.807) is 12.2 Å². The molecule has 0 saturated carbocycles. The van der Waals surface area contributed by atoms with Gasteiger partial charge in [-0.3, -0.25) is 4.79 Å². The lowest BCUT2D eigenvalue weighted by atomic mass is 9.87. The Morgan fingerprint density at radius 2 is 2.08 bits per heavy atom. The van der Waals surface area contributed by atoms with E-state index >= 15 is 0 Å². The van der Waals surface area contributed by atoms with Gasteiger partial charge in [-0.1, -0.05) is 44.9 Å². The van der Waals surface area contributed by atoms with Gasteiger partial charge in [-0.05, 0) is 50.3 Å². The number of allylic oxidation sites excluding steroid dienone is 4. The van der Waals surface area contributed by atoms with Crippen molar-refractivity contribution in [1.29, 1.82) is 0 Å². The van der Waals surface area contributed by atoms with Crippen molar-refractivity contribution < 1.29 is 19.8 Å². The number of aliphatic hydroxyl groups is 1. The van der Waals surface area contributed by atoms with Crippen LogP contribution in [0.3, 0.4) is 0 Å². The number of carbonyl (C=O) groups excluding carboxylic acids is 1. The zero-order chi connectivity index (χ0) is 19.6. The Kier molecular flexibility index (Phi) is 9.32. The summed E-state index contributed by atoms with van der Waals surface area (Å²) in [5.41, 5.74) is 2.28. The lowest BCUT2D eigenvalue weighted by Crippen LogP contribution is -2.33. The van der Waals surface area contributed by atoms with E-state index in [1.165, 1.54) is 26.2 Å². The number of hydrogen-bond acceptors (Lipinski definition) is 3. The van der Waals surface area contributed by atoms with Crippen LogP contribution in [-0.4, -0.2) is 27.6 Å². The Morgan fingerprint density at radius 3 is 2.69 bits per heavy atom. The summed E-state index contributed by atoms with van der Waals surface area (Å²) in [6.45, 7) is 5.44. The summed E-state index contributed by atoms with van der Waals surface area (Å²) in [5.74, 6) is -1.10. The van der Waals surface area contributed by atoms with Crippen molar-refractivity contribution >= 4 is 11.8 Å². The van der Waals surface area contributed by atoms with Crippen molar-refractivity contribution in [2.24, 2.45) is 11.8 Å². The van der Waals surface area contributed by atoms with Gasteiger partial charge < -0.3 is 10.2 Å². The summed E-state index contributed by atoms with van der Waals surface area (Å²) >= 11 is 0. The van der Waals surface area contributed by atoms with Gasteiger partial charge in [-0.25, -0.2) is 4.79 Å². The Bertz CT molecular complexity index is 604. The van der Waals surface area contributed by atoms with Gasteiger partial charge >= 0.3 is 5.97 Å². The highest BCUT2D eigenvalue weighted by atomic mass is 16.4. The lowest BCUT2D eigenvalue weighted by molar-refractivity contribution is -0.156. The Balaban J connectivity index is 2.73. The molecule has 0 aromatic rings. The molecule has 0 aromatic carbocycles. The zero-order valence-corrected chi connectivity index (χ0v) is 16.2. The zero-order valence-electron chi connectivity index (χ0n) is 16.2. The highest BCUT2D eigenvalue weighted by Crippen LogP contribution is 2.30. The molecule has 0 heterocycles. The van der Waals surface area contributed by atoms with Crippen LogP contribution >= 0.6 is 0 Å². The Hall–Kier alpha value is -1.90. The first-order valence-electron chi connectivity index (χ1n) is 9.59. The number of aliphatic carboxylic acids is 1. The van der Waals surface area contributed by atoms with Gasteiger partial charge in [0.05, 0.1) is 0 Å². The molecule has 0 aliphatic heterocycles. The molecule has 0 spiro atoms. The average molecular weight is 360 g/mol. The summed E-state index contributed by atoms with van der Waals surface area (Å²) in [6, 6.07) is 0. The molecule has 26 heavy (non-hydrogen) atoms. The number of hydrogen-bond donors (Lipinski definition) is 2. The molecule has 2 N–H and O–H groups in total. The SMILES string of the molecule is CCCCCC=C[C@H]1C=CC(=O)[C@@H]1CC(=C=CCC(C)(O)C(=O)O)CC. The van der Waals surface area contributed by atoms with Crippen molar-refractivity contribution in [2.45, 2.75) is 71.3 Å². The quantitative estimate of drug-likeness (QED) is 0.321. The lowest BCUT2D eigenvalue weighted by Gasteiger charge is -2.16. The average Bonchev–Trinajstić information content (AvgIpc) is 2.93. The molecule has 4 heteroatoms. The molecule has 0 saturated heterocycles. The van der Waals surface area contributed by atoms with Crippen molar-refractivity contribution in [3.63, 3.8) is 0 Å². The van der Waals surface area contributed by atoms with Gasteiger partial charge in [0.25, 0.3) is 0 Å². The Morgan fingerprint density at radius 1 is 1.35 bits per heavy atom. The second-order valence-corrected chi connectivity index (χ2v) is 7.16. The van der Waals surface area contributed by atoms with Gasteiger partial charge in [-0.15, -0.1) is 5.73 Å². The Labute approximate surface area is 157 Å². The van der Waals surface area contributed by atoms with Crippen molar-refractivity contribution in [1.82, 2.24) is 0 Å². The minimum Gasteiger partial charge on any atom is -0.479 e. The highest BCUT2D eigenvalue weighted by Gasteiger charge is 2.29. The van der Waals surface area contributed by atoms with E-state index in [9.17, 15) is 14.7 Å². The standard InChI is InChI=1S/C22H32O4/c1-4-6-7-8-9-12-18-13-14-20(23)19(18)16-17(5-2)11-10-15-22(3,26)21(24)25/h9-10,12-14,18-19,26H,4-8,15-16H2,1-3H3,(H,24,25)/t11?,18-,19+,22?/m0/s1. The molecule has 1 aliphatic rings. The number of carboxylic acid groups (broad SMARTS) is 1. The second kappa shape index (κ2) is 10.9. The van der Waals surface area contributed by atoms with E-state index in [0.717, 1.165) is 18.4 Å². The van der Waals surface area contributed by atoms with Crippen LogP contribution in [0.15, 0.2) is 41.7 Å². The fourth-order valence-electron chi connectivity index (χ4n) is 2.91. The van der Waals surface area contributed by atoms with Crippen LogP contribution in [0, 0.1) is 11.8 Å². The van der Waals surface area contributed by atoms with Gasteiger partial charge in [0.15, 0.2) is 11.4 Å². The van der Waals surface area contributed by atoms with Crippen LogP contribution in [0.4, 0.5) is 0 Å². The fourth-order valence-corrected chi connectivity index (χ4v) is 2.91. The van der Waals surface area contributed by atoms with Crippen LogP contribution in [0.5, 0.6) is 0 Å². The van der Waals surface area contributed by atoms with Gasteiger partial charge in [0.1, 0.15) is 0 Å². The minimum atomic E-state index is -1.79. The van der Waals surface area contributed by atoms with E-state index < -0.39 is 11.6 Å². The maximum absolute atomic E-state index is 12.2. The summed E-state index contributed by atoms with van der Waals surface area (Å²) in [7, 11) is 0. The van der Waals surface area contributed by atoms with E-state index in [0.29, 0.717) is 6.42 Å². The minimum absolute atomic E-state index is 0.0105. The van der Waals surface area contributed by atoms with Crippen LogP contribution < -0.4 is 0 Å². The smallest absolute Gasteiger partial charge is 0.335 e. The predicted octanol–water partition coefficient (Wildman–Crippen LogP) is 4.60. The third-order valence-electron chi connectivity index (χ3n) is 4.80. The van der Waals surface area contributed by atoms with Gasteiger partial charge in [0, 0.05) is 18.3 Å². The van der Waals surface area contributed by atoms with E-state index in [2.05, 4.69) is 24.8 Å². The maximum Gasteiger partial charge on any atom is 0.335 e. The molecular formula is C22H32O4. The summed E-state index contributed by atoms with van der Waals surface area (Å²) in [4.78, 5) is 23.1. The first-order chi connectivity index (χ1) is 12.3. The molecular weight excluding hydrogens is 328 g/mol. The van der Waals surface area contributed by atoms with Crippen LogP contribution in [-0.2, 0) is 9.59 Å². The van der Waals surface area contributed by atoms with Crippen LogP contribution in [0.1, 0.15) is 65.7 Å². The summed E-state index contributed by atoms with van der Waals surface area (Å²) in [5, 5.41) is 18.7. The number of carbonyl (C=O) groups is 2. The molecule has 1 rings (SSSR count). The van der Waals surface area contributed by atoms with Crippen LogP contribution in [0.2, 0.25) is 0 Å². The van der Waals surface area contributed by atoms with Crippen molar-refractivity contribution in [2.75, 3.05) is 0 Å². The number of ketones is 1. The predicted molar refractivity (Wildman–Crippen MR) is 104 cm³/mol. The normalized spacial score (nSPS) is 21.6. The maximum atomic E-state index is 12.2. The third kappa shape index (κ3) is 7.15. The summed E-state index contributed by atoms with van der Waals surface area (Å²) in [6.07, 6.45) is 15.5. The molecule has 0 amide bonds. The molecule has 0 aromatic heterocycles. The number of rotatable bonds is 11.